The second-order valence-corrected chi connectivity index (χ2v) is 5.01. The summed E-state index contributed by atoms with van der Waals surface area (Å²) in [5, 5.41) is 14.1. The van der Waals surface area contributed by atoms with Crippen LogP contribution in [0.5, 0.6) is 11.6 Å². The molecule has 0 atom stereocenters. The molecule has 0 saturated carbocycles. The van der Waals surface area contributed by atoms with Gasteiger partial charge in [-0.1, -0.05) is 12.1 Å². The van der Waals surface area contributed by atoms with Gasteiger partial charge in [0.2, 0.25) is 17.6 Å². The van der Waals surface area contributed by atoms with Crippen LogP contribution >= 0.6 is 15.9 Å². The van der Waals surface area contributed by atoms with Crippen molar-refractivity contribution in [2.75, 3.05) is 11.9 Å². The lowest BCUT2D eigenvalue weighted by Crippen LogP contribution is -2.03. The van der Waals surface area contributed by atoms with Crippen molar-refractivity contribution in [2.45, 2.75) is 13.8 Å². The van der Waals surface area contributed by atoms with Gasteiger partial charge in [0.1, 0.15) is 0 Å². The third kappa shape index (κ3) is 3.46. The van der Waals surface area contributed by atoms with Gasteiger partial charge in [0, 0.05) is 12.1 Å². The number of anilines is 1. The maximum atomic E-state index is 11.2. The molecule has 7 nitrogen and oxygen atoms in total. The molecule has 0 unspecified atom stereocenters. The van der Waals surface area contributed by atoms with E-state index >= 15 is 0 Å². The van der Waals surface area contributed by atoms with Crippen LogP contribution in [0, 0.1) is 17.0 Å². The summed E-state index contributed by atoms with van der Waals surface area (Å²) in [5.74, 6) is 0.752. The largest absolute Gasteiger partial charge is 0.430 e. The predicted octanol–water partition coefficient (Wildman–Crippen LogP) is 3.68. The summed E-state index contributed by atoms with van der Waals surface area (Å²) in [6.07, 6.45) is 1.53. The van der Waals surface area contributed by atoms with Crippen LogP contribution in [0.1, 0.15) is 12.5 Å². The Balaban J connectivity index is 2.41. The number of nitrogens with one attached hydrogen (secondary N) is 1. The molecular formula is C13H13BrN4O3. The normalized spacial score (nSPS) is 10.2. The van der Waals surface area contributed by atoms with Gasteiger partial charge in [-0.05, 0) is 35.8 Å². The highest BCUT2D eigenvalue weighted by Gasteiger charge is 2.20. The number of rotatable bonds is 5. The third-order valence-electron chi connectivity index (χ3n) is 2.64. The Kier molecular flexibility index (Phi) is 4.69. The molecule has 2 rings (SSSR count). The van der Waals surface area contributed by atoms with Crippen LogP contribution < -0.4 is 10.1 Å². The van der Waals surface area contributed by atoms with Crippen LogP contribution in [-0.4, -0.2) is 21.4 Å². The smallest absolute Gasteiger partial charge is 0.314 e. The Morgan fingerprint density at radius 1 is 1.48 bits per heavy atom. The minimum atomic E-state index is -0.467. The number of hydrogen-bond donors (Lipinski definition) is 1. The van der Waals surface area contributed by atoms with Crippen molar-refractivity contribution >= 4 is 27.6 Å². The quantitative estimate of drug-likeness (QED) is 0.651. The van der Waals surface area contributed by atoms with Crippen LogP contribution in [0.25, 0.3) is 0 Å². The van der Waals surface area contributed by atoms with Crippen molar-refractivity contribution in [1.29, 1.82) is 0 Å². The van der Waals surface area contributed by atoms with E-state index in [9.17, 15) is 10.1 Å². The second-order valence-electron chi connectivity index (χ2n) is 4.16. The highest BCUT2D eigenvalue weighted by molar-refractivity contribution is 9.10. The van der Waals surface area contributed by atoms with E-state index in [4.69, 9.17) is 4.74 Å². The fraction of sp³-hybridized carbons (Fsp3) is 0.231. The van der Waals surface area contributed by atoms with Crippen molar-refractivity contribution in [3.05, 3.63) is 44.5 Å². The van der Waals surface area contributed by atoms with E-state index in [0.29, 0.717) is 22.5 Å². The lowest BCUT2D eigenvalue weighted by Gasteiger charge is -2.09. The molecule has 2 aromatic rings. The molecule has 1 N–H and O–H groups in total. The Bertz CT molecular complexity index is 678. The molecule has 0 aliphatic rings. The number of para-hydroxylation sites is 1. The number of nitrogens with zero attached hydrogens (tertiary/aromatic N) is 3. The first-order valence-electron chi connectivity index (χ1n) is 6.21. The van der Waals surface area contributed by atoms with Crippen LogP contribution in [0.4, 0.5) is 11.6 Å². The third-order valence-corrected chi connectivity index (χ3v) is 3.18. The summed E-state index contributed by atoms with van der Waals surface area (Å²) in [6, 6.07) is 4.88. The first-order chi connectivity index (χ1) is 10.0. The summed E-state index contributed by atoms with van der Waals surface area (Å²) in [4.78, 5) is 18.9. The number of aromatic nitrogens is 2. The molecule has 110 valence electrons. The maximum absolute atomic E-state index is 11.2. The van der Waals surface area contributed by atoms with E-state index in [1.54, 1.807) is 19.1 Å². The first-order valence-corrected chi connectivity index (χ1v) is 7.00. The summed E-state index contributed by atoms with van der Waals surface area (Å²) in [6.45, 7) is 4.23. The van der Waals surface area contributed by atoms with E-state index in [0.717, 1.165) is 0 Å². The van der Waals surface area contributed by atoms with Crippen molar-refractivity contribution in [3.63, 3.8) is 0 Å². The van der Waals surface area contributed by atoms with Crippen molar-refractivity contribution < 1.29 is 9.66 Å². The molecule has 0 fully saturated rings. The number of ether oxygens (including phenoxy) is 1. The summed E-state index contributed by atoms with van der Waals surface area (Å²) in [7, 11) is 0. The Morgan fingerprint density at radius 3 is 2.90 bits per heavy atom. The highest BCUT2D eigenvalue weighted by atomic mass is 79.9. The minimum absolute atomic E-state index is 0.0759. The molecule has 0 aliphatic heterocycles. The molecule has 0 saturated heterocycles. The number of aryl methyl sites for hydroxylation is 1. The topological polar surface area (TPSA) is 90.2 Å². The number of halogens is 1. The van der Waals surface area contributed by atoms with Crippen molar-refractivity contribution in [3.8, 4) is 11.6 Å². The molecule has 21 heavy (non-hydrogen) atoms. The van der Waals surface area contributed by atoms with E-state index in [1.165, 1.54) is 12.3 Å². The van der Waals surface area contributed by atoms with Gasteiger partial charge in [-0.25, -0.2) is 4.98 Å². The standard InChI is InChI=1S/C13H13BrN4O3/c1-3-15-13-16-7-9(14)12(17-13)21-10-6-4-5-8(2)11(10)18(19)20/h4-7H,3H2,1-2H3,(H,15,16,17). The van der Waals surface area contributed by atoms with E-state index in [1.807, 2.05) is 6.92 Å². The maximum Gasteiger partial charge on any atom is 0.314 e. The van der Waals surface area contributed by atoms with Crippen LogP contribution in [0.15, 0.2) is 28.9 Å². The number of benzene rings is 1. The molecule has 0 radical (unpaired) electrons. The predicted molar refractivity (Wildman–Crippen MR) is 81.8 cm³/mol. The van der Waals surface area contributed by atoms with Gasteiger partial charge in [0.15, 0.2) is 0 Å². The molecule has 0 bridgehead atoms. The lowest BCUT2D eigenvalue weighted by atomic mass is 10.2. The zero-order chi connectivity index (χ0) is 15.4. The molecule has 0 amide bonds. The van der Waals surface area contributed by atoms with Gasteiger partial charge in [-0.15, -0.1) is 0 Å². The minimum Gasteiger partial charge on any atom is -0.430 e. The Morgan fingerprint density at radius 2 is 2.24 bits per heavy atom. The monoisotopic (exact) mass is 352 g/mol. The molecule has 1 aromatic carbocycles. The van der Waals surface area contributed by atoms with Crippen LogP contribution in [0.2, 0.25) is 0 Å². The molecule has 8 heteroatoms. The van der Waals surface area contributed by atoms with Gasteiger partial charge in [0.25, 0.3) is 0 Å². The zero-order valence-corrected chi connectivity index (χ0v) is 13.0. The molecule has 0 spiro atoms. The average molecular weight is 353 g/mol. The van der Waals surface area contributed by atoms with Gasteiger partial charge in [-0.2, -0.15) is 4.98 Å². The molecule has 1 heterocycles. The molecular weight excluding hydrogens is 340 g/mol. The highest BCUT2D eigenvalue weighted by Crippen LogP contribution is 2.35. The SMILES string of the molecule is CCNc1ncc(Br)c(Oc2cccc(C)c2[N+](=O)[O-])n1. The Labute approximate surface area is 129 Å². The number of hydrogen-bond acceptors (Lipinski definition) is 6. The van der Waals surface area contributed by atoms with E-state index in [-0.39, 0.29) is 17.3 Å². The van der Waals surface area contributed by atoms with Crippen LogP contribution in [-0.2, 0) is 0 Å². The first kappa shape index (κ1) is 15.2. The fourth-order valence-electron chi connectivity index (χ4n) is 1.72. The van der Waals surface area contributed by atoms with Gasteiger partial charge in [-0.3, -0.25) is 10.1 Å². The summed E-state index contributed by atoms with van der Waals surface area (Å²) >= 11 is 3.27. The zero-order valence-electron chi connectivity index (χ0n) is 11.5. The van der Waals surface area contributed by atoms with Gasteiger partial charge >= 0.3 is 5.69 Å². The second kappa shape index (κ2) is 6.49. The van der Waals surface area contributed by atoms with Crippen LogP contribution in [0.3, 0.4) is 0 Å². The fourth-order valence-corrected chi connectivity index (χ4v) is 1.99. The van der Waals surface area contributed by atoms with Crippen molar-refractivity contribution in [2.24, 2.45) is 0 Å². The van der Waals surface area contributed by atoms with E-state index in [2.05, 4.69) is 31.2 Å². The molecule has 0 aliphatic carbocycles. The van der Waals surface area contributed by atoms with Crippen molar-refractivity contribution in [1.82, 2.24) is 9.97 Å². The lowest BCUT2D eigenvalue weighted by molar-refractivity contribution is -0.386. The van der Waals surface area contributed by atoms with Gasteiger partial charge in [0.05, 0.1) is 15.6 Å². The summed E-state index contributed by atoms with van der Waals surface area (Å²) in [5.41, 5.74) is 0.447. The number of nitro groups is 1. The van der Waals surface area contributed by atoms with Gasteiger partial charge < -0.3 is 10.1 Å². The summed E-state index contributed by atoms with van der Waals surface area (Å²) < 4.78 is 6.10. The molecule has 1 aromatic heterocycles. The Hall–Kier alpha value is -2.22. The number of nitro benzene ring substituents is 1. The van der Waals surface area contributed by atoms with E-state index < -0.39 is 4.92 Å². The average Bonchev–Trinajstić information content (AvgIpc) is 2.42.